The van der Waals surface area contributed by atoms with Crippen LogP contribution in [-0.2, 0) is 11.2 Å². The molecule has 4 heteroatoms. The van der Waals surface area contributed by atoms with Crippen LogP contribution in [0.15, 0.2) is 30.5 Å². The second kappa shape index (κ2) is 6.31. The van der Waals surface area contributed by atoms with Crippen molar-refractivity contribution in [2.75, 3.05) is 6.54 Å². The van der Waals surface area contributed by atoms with Crippen LogP contribution in [0.2, 0.25) is 0 Å². The lowest BCUT2D eigenvalue weighted by Crippen LogP contribution is -2.32. The fraction of sp³-hybridized carbons (Fsp3) is 0.471. The molecule has 3 rings (SSSR count). The number of rotatable bonds is 5. The van der Waals surface area contributed by atoms with Crippen molar-refractivity contribution >= 4 is 16.8 Å². The molecule has 21 heavy (non-hydrogen) atoms. The van der Waals surface area contributed by atoms with Crippen LogP contribution >= 0.6 is 0 Å². The minimum Gasteiger partial charge on any atom is -0.361 e. The van der Waals surface area contributed by atoms with Crippen molar-refractivity contribution in [2.45, 2.75) is 38.1 Å². The van der Waals surface area contributed by atoms with Crippen molar-refractivity contribution < 1.29 is 4.79 Å². The average molecular weight is 285 g/mol. The molecular weight excluding hydrogens is 262 g/mol. The van der Waals surface area contributed by atoms with Crippen LogP contribution in [0.3, 0.4) is 0 Å². The number of benzene rings is 1. The molecule has 1 amide bonds. The minimum absolute atomic E-state index is 0.136. The molecule has 1 fully saturated rings. The van der Waals surface area contributed by atoms with E-state index in [0.29, 0.717) is 18.9 Å². The summed E-state index contributed by atoms with van der Waals surface area (Å²) >= 11 is 0. The molecule has 1 saturated carbocycles. The Bertz CT molecular complexity index is 619. The third kappa shape index (κ3) is 3.27. The Kier molecular flexibility index (Phi) is 4.25. The molecule has 1 aliphatic rings. The largest absolute Gasteiger partial charge is 0.361 e. The zero-order valence-electron chi connectivity index (χ0n) is 12.3. The average Bonchev–Trinajstić information content (AvgIpc) is 3.07. The summed E-state index contributed by atoms with van der Waals surface area (Å²) in [5.74, 6) is 0.510. The summed E-state index contributed by atoms with van der Waals surface area (Å²) in [6, 6.07) is 8.46. The molecule has 4 nitrogen and oxygen atoms in total. The van der Waals surface area contributed by atoms with E-state index < -0.39 is 0 Å². The molecule has 0 spiro atoms. The molecule has 1 aromatic heterocycles. The van der Waals surface area contributed by atoms with Crippen molar-refractivity contribution in [1.29, 1.82) is 0 Å². The number of amides is 1. The van der Waals surface area contributed by atoms with Crippen molar-refractivity contribution in [3.63, 3.8) is 0 Å². The fourth-order valence-electron chi connectivity index (χ4n) is 3.30. The third-order valence-corrected chi connectivity index (χ3v) is 4.56. The number of carbonyl (C=O) groups excluding carboxylic acids is 1. The van der Waals surface area contributed by atoms with E-state index in [0.717, 1.165) is 31.2 Å². The standard InChI is InChI=1S/C17H23N3O/c18-15-6-3-4-12(15)10-17(21)19-9-8-13-11-20-16-7-2-1-5-14(13)16/h1-2,5,7,11-12,15,20H,3-4,6,8-10,18H2,(H,19,21)/t12-,15+/m0/s1. The van der Waals surface area contributed by atoms with Crippen LogP contribution in [0.5, 0.6) is 0 Å². The lowest BCUT2D eigenvalue weighted by molar-refractivity contribution is -0.122. The fourth-order valence-corrected chi connectivity index (χ4v) is 3.30. The van der Waals surface area contributed by atoms with Crippen molar-refractivity contribution in [1.82, 2.24) is 10.3 Å². The summed E-state index contributed by atoms with van der Waals surface area (Å²) in [5.41, 5.74) is 8.41. The number of hydrogen-bond donors (Lipinski definition) is 3. The first-order valence-corrected chi connectivity index (χ1v) is 7.81. The van der Waals surface area contributed by atoms with Gasteiger partial charge in [-0.25, -0.2) is 0 Å². The van der Waals surface area contributed by atoms with Crippen LogP contribution in [-0.4, -0.2) is 23.5 Å². The SMILES string of the molecule is N[C@@H]1CCC[C@H]1CC(=O)NCCc1c[nH]c2ccccc12. The van der Waals surface area contributed by atoms with E-state index in [9.17, 15) is 4.79 Å². The second-order valence-electron chi connectivity index (χ2n) is 6.02. The van der Waals surface area contributed by atoms with Gasteiger partial charge in [0.15, 0.2) is 0 Å². The predicted molar refractivity (Wildman–Crippen MR) is 84.9 cm³/mol. The summed E-state index contributed by atoms with van der Waals surface area (Å²) in [6.45, 7) is 0.683. The molecule has 2 aromatic rings. The number of hydrogen-bond acceptors (Lipinski definition) is 2. The Labute approximate surface area is 125 Å². The summed E-state index contributed by atoms with van der Waals surface area (Å²) < 4.78 is 0. The van der Waals surface area contributed by atoms with Gasteiger partial charge < -0.3 is 16.0 Å². The van der Waals surface area contributed by atoms with E-state index in [1.807, 2.05) is 18.3 Å². The number of carbonyl (C=O) groups is 1. The number of aromatic nitrogens is 1. The summed E-state index contributed by atoms with van der Waals surface area (Å²) in [5, 5.41) is 4.27. The summed E-state index contributed by atoms with van der Waals surface area (Å²) in [7, 11) is 0. The summed E-state index contributed by atoms with van der Waals surface area (Å²) in [4.78, 5) is 15.2. The molecule has 0 saturated heterocycles. The van der Waals surface area contributed by atoms with Crippen molar-refractivity contribution in [3.8, 4) is 0 Å². The van der Waals surface area contributed by atoms with E-state index in [2.05, 4.69) is 22.4 Å². The van der Waals surface area contributed by atoms with E-state index >= 15 is 0 Å². The quantitative estimate of drug-likeness (QED) is 0.789. The molecule has 0 radical (unpaired) electrons. The first kappa shape index (κ1) is 14.1. The zero-order valence-corrected chi connectivity index (χ0v) is 12.3. The highest BCUT2D eigenvalue weighted by Crippen LogP contribution is 2.26. The molecule has 0 bridgehead atoms. The molecule has 1 aliphatic carbocycles. The van der Waals surface area contributed by atoms with Crippen LogP contribution in [0.25, 0.3) is 10.9 Å². The molecule has 0 unspecified atom stereocenters. The number of fused-ring (bicyclic) bond motifs is 1. The van der Waals surface area contributed by atoms with Gasteiger partial charge in [-0.2, -0.15) is 0 Å². The Morgan fingerprint density at radius 3 is 3.00 bits per heavy atom. The number of aromatic amines is 1. The molecule has 1 heterocycles. The van der Waals surface area contributed by atoms with Crippen LogP contribution in [0.4, 0.5) is 0 Å². The first-order valence-electron chi connectivity index (χ1n) is 7.81. The van der Waals surface area contributed by atoms with E-state index in [1.165, 1.54) is 10.9 Å². The Morgan fingerprint density at radius 1 is 1.33 bits per heavy atom. The lowest BCUT2D eigenvalue weighted by atomic mass is 10.00. The Hall–Kier alpha value is -1.81. The Balaban J connectivity index is 1.48. The minimum atomic E-state index is 0.136. The predicted octanol–water partition coefficient (Wildman–Crippen LogP) is 2.34. The summed E-state index contributed by atoms with van der Waals surface area (Å²) in [6.07, 6.45) is 6.78. The van der Waals surface area contributed by atoms with Crippen molar-refractivity contribution in [2.24, 2.45) is 11.7 Å². The van der Waals surface area contributed by atoms with Gasteiger partial charge in [-0.3, -0.25) is 4.79 Å². The topological polar surface area (TPSA) is 70.9 Å². The highest BCUT2D eigenvalue weighted by atomic mass is 16.1. The lowest BCUT2D eigenvalue weighted by Gasteiger charge is -2.14. The van der Waals surface area contributed by atoms with Gasteiger partial charge in [-0.05, 0) is 36.8 Å². The van der Waals surface area contributed by atoms with Crippen LogP contribution < -0.4 is 11.1 Å². The number of nitrogens with one attached hydrogen (secondary N) is 2. The van der Waals surface area contributed by atoms with Gasteiger partial charge in [0.05, 0.1) is 0 Å². The van der Waals surface area contributed by atoms with Gasteiger partial charge in [0.1, 0.15) is 0 Å². The molecule has 4 N–H and O–H groups in total. The van der Waals surface area contributed by atoms with E-state index in [-0.39, 0.29) is 11.9 Å². The highest BCUT2D eigenvalue weighted by molar-refractivity contribution is 5.83. The van der Waals surface area contributed by atoms with Gasteiger partial charge >= 0.3 is 0 Å². The zero-order chi connectivity index (χ0) is 14.7. The maximum atomic E-state index is 12.0. The van der Waals surface area contributed by atoms with Gasteiger partial charge in [-0.1, -0.05) is 24.6 Å². The Morgan fingerprint density at radius 2 is 2.19 bits per heavy atom. The smallest absolute Gasteiger partial charge is 0.220 e. The van der Waals surface area contributed by atoms with Gasteiger partial charge in [0, 0.05) is 36.1 Å². The van der Waals surface area contributed by atoms with Crippen molar-refractivity contribution in [3.05, 3.63) is 36.0 Å². The monoisotopic (exact) mass is 285 g/mol. The number of nitrogens with two attached hydrogens (primary N) is 1. The highest BCUT2D eigenvalue weighted by Gasteiger charge is 2.25. The van der Waals surface area contributed by atoms with Crippen LogP contribution in [0, 0.1) is 5.92 Å². The second-order valence-corrected chi connectivity index (χ2v) is 6.02. The molecule has 112 valence electrons. The number of para-hydroxylation sites is 1. The maximum absolute atomic E-state index is 12.0. The molecule has 0 aliphatic heterocycles. The first-order chi connectivity index (χ1) is 10.2. The molecular formula is C17H23N3O. The number of H-pyrrole nitrogens is 1. The third-order valence-electron chi connectivity index (χ3n) is 4.56. The maximum Gasteiger partial charge on any atom is 0.220 e. The van der Waals surface area contributed by atoms with Crippen LogP contribution in [0.1, 0.15) is 31.2 Å². The van der Waals surface area contributed by atoms with Gasteiger partial charge in [0.25, 0.3) is 0 Å². The molecule has 2 atom stereocenters. The van der Waals surface area contributed by atoms with Gasteiger partial charge in [0.2, 0.25) is 5.91 Å². The van der Waals surface area contributed by atoms with E-state index in [1.54, 1.807) is 0 Å². The van der Waals surface area contributed by atoms with Gasteiger partial charge in [-0.15, -0.1) is 0 Å². The molecule has 1 aromatic carbocycles. The normalized spacial score (nSPS) is 21.8. The van der Waals surface area contributed by atoms with E-state index in [4.69, 9.17) is 5.73 Å².